The van der Waals surface area contributed by atoms with E-state index in [0.29, 0.717) is 10.6 Å². The fourth-order valence-electron chi connectivity index (χ4n) is 2.34. The minimum absolute atomic E-state index is 0.221. The van der Waals surface area contributed by atoms with E-state index < -0.39 is 0 Å². The summed E-state index contributed by atoms with van der Waals surface area (Å²) in [6.45, 7) is 0. The van der Waals surface area contributed by atoms with Crippen molar-refractivity contribution in [3.05, 3.63) is 53.4 Å². The molecule has 0 radical (unpaired) electrons. The van der Waals surface area contributed by atoms with Crippen molar-refractivity contribution in [3.8, 4) is 17.3 Å². The van der Waals surface area contributed by atoms with Crippen LogP contribution in [0.3, 0.4) is 0 Å². The van der Waals surface area contributed by atoms with Gasteiger partial charge in [0.1, 0.15) is 22.3 Å². The van der Waals surface area contributed by atoms with E-state index in [0.717, 1.165) is 33.7 Å². The van der Waals surface area contributed by atoms with Crippen molar-refractivity contribution < 1.29 is 9.21 Å². The second kappa shape index (κ2) is 5.64. The molecule has 3 heterocycles. The van der Waals surface area contributed by atoms with Crippen LogP contribution in [-0.4, -0.2) is 20.5 Å². The Morgan fingerprint density at radius 1 is 1.33 bits per heavy atom. The van der Waals surface area contributed by atoms with Gasteiger partial charge in [0.05, 0.1) is 18.0 Å². The smallest absolute Gasteiger partial charge is 0.275 e. The number of hydrogen-bond donors (Lipinski definition) is 2. The third-order valence-corrected chi connectivity index (χ3v) is 4.16. The van der Waals surface area contributed by atoms with Gasteiger partial charge in [0.15, 0.2) is 0 Å². The Morgan fingerprint density at radius 3 is 3.00 bits per heavy atom. The highest BCUT2D eigenvalue weighted by Gasteiger charge is 2.13. The van der Waals surface area contributed by atoms with Gasteiger partial charge in [-0.15, -0.1) is 0 Å². The normalized spacial score (nSPS) is 10.6. The summed E-state index contributed by atoms with van der Waals surface area (Å²) < 4.78 is 9.07. The molecule has 0 aliphatic carbocycles. The van der Waals surface area contributed by atoms with Crippen molar-refractivity contribution in [2.75, 3.05) is 5.32 Å². The number of nitriles is 1. The van der Waals surface area contributed by atoms with Crippen molar-refractivity contribution in [2.45, 2.75) is 0 Å². The maximum absolute atomic E-state index is 12.2. The summed E-state index contributed by atoms with van der Waals surface area (Å²) in [4.78, 5) is 12.6. The van der Waals surface area contributed by atoms with Crippen LogP contribution >= 0.6 is 11.5 Å². The zero-order valence-corrected chi connectivity index (χ0v) is 12.9. The summed E-state index contributed by atoms with van der Waals surface area (Å²) in [5.74, 6) is -0.361. The van der Waals surface area contributed by atoms with Gasteiger partial charge in [0, 0.05) is 16.6 Å². The van der Waals surface area contributed by atoms with Crippen LogP contribution in [0.4, 0.5) is 5.69 Å². The van der Waals surface area contributed by atoms with Crippen LogP contribution in [0.5, 0.6) is 0 Å². The van der Waals surface area contributed by atoms with Gasteiger partial charge in [-0.3, -0.25) is 9.89 Å². The Bertz CT molecular complexity index is 1070. The number of nitrogens with zero attached hydrogens (tertiary/aromatic N) is 3. The van der Waals surface area contributed by atoms with Crippen LogP contribution in [0.15, 0.2) is 47.3 Å². The first-order chi connectivity index (χ1) is 11.7. The minimum Gasteiger partial charge on any atom is -0.472 e. The second-order valence-corrected chi connectivity index (χ2v) is 5.79. The van der Waals surface area contributed by atoms with Gasteiger partial charge in [-0.05, 0) is 41.9 Å². The fourth-order valence-corrected chi connectivity index (χ4v) is 2.88. The summed E-state index contributed by atoms with van der Waals surface area (Å²) in [6.07, 6.45) is 3.19. The average Bonchev–Trinajstić information content (AvgIpc) is 3.33. The third-order valence-electron chi connectivity index (χ3n) is 3.47. The first-order valence-corrected chi connectivity index (χ1v) is 7.71. The second-order valence-electron chi connectivity index (χ2n) is 4.99. The van der Waals surface area contributed by atoms with Crippen LogP contribution < -0.4 is 5.32 Å². The molecule has 4 rings (SSSR count). The Kier molecular flexibility index (Phi) is 3.33. The number of carbonyl (C=O) groups is 1. The van der Waals surface area contributed by atoms with Crippen LogP contribution in [0, 0.1) is 11.3 Å². The molecule has 0 saturated carbocycles. The average molecular weight is 335 g/mol. The Morgan fingerprint density at radius 2 is 2.25 bits per heavy atom. The predicted molar refractivity (Wildman–Crippen MR) is 88.6 cm³/mol. The van der Waals surface area contributed by atoms with Crippen molar-refractivity contribution in [2.24, 2.45) is 0 Å². The number of nitrogens with one attached hydrogen (secondary N) is 2. The van der Waals surface area contributed by atoms with Crippen molar-refractivity contribution in [1.29, 1.82) is 5.26 Å². The summed E-state index contributed by atoms with van der Waals surface area (Å²) in [6, 6.07) is 10.7. The number of benzene rings is 1. The first-order valence-electron chi connectivity index (χ1n) is 6.93. The third kappa shape index (κ3) is 2.43. The lowest BCUT2D eigenvalue weighted by molar-refractivity contribution is 0.102. The molecular weight excluding hydrogens is 326 g/mol. The highest BCUT2D eigenvalue weighted by atomic mass is 32.1. The number of carbonyl (C=O) groups excluding carboxylic acids is 1. The molecule has 24 heavy (non-hydrogen) atoms. The maximum atomic E-state index is 12.2. The van der Waals surface area contributed by atoms with Gasteiger partial charge in [-0.2, -0.15) is 14.7 Å². The zero-order valence-electron chi connectivity index (χ0n) is 12.1. The highest BCUT2D eigenvalue weighted by molar-refractivity contribution is 7.06. The van der Waals surface area contributed by atoms with E-state index >= 15 is 0 Å². The number of amides is 1. The zero-order chi connectivity index (χ0) is 16.5. The van der Waals surface area contributed by atoms with Crippen molar-refractivity contribution >= 4 is 34.0 Å². The maximum Gasteiger partial charge on any atom is 0.275 e. The topological polar surface area (TPSA) is 108 Å². The molecule has 7 nitrogen and oxygen atoms in total. The number of hydrogen-bond acceptors (Lipinski definition) is 6. The lowest BCUT2D eigenvalue weighted by atomic mass is 10.1. The van der Waals surface area contributed by atoms with E-state index in [1.54, 1.807) is 18.6 Å². The van der Waals surface area contributed by atoms with Gasteiger partial charge in [0.25, 0.3) is 5.91 Å². The van der Waals surface area contributed by atoms with Crippen LogP contribution in [0.25, 0.3) is 22.2 Å². The summed E-state index contributed by atoms with van der Waals surface area (Å²) >= 11 is 0.996. The largest absolute Gasteiger partial charge is 0.472 e. The lowest BCUT2D eigenvalue weighted by Gasteiger charge is -2.03. The summed E-state index contributed by atoms with van der Waals surface area (Å²) in [7, 11) is 0. The molecule has 116 valence electrons. The first kappa shape index (κ1) is 14.2. The number of rotatable bonds is 3. The van der Waals surface area contributed by atoms with E-state index in [-0.39, 0.29) is 11.6 Å². The van der Waals surface area contributed by atoms with Crippen molar-refractivity contribution in [3.63, 3.8) is 0 Å². The van der Waals surface area contributed by atoms with Crippen LogP contribution in [-0.2, 0) is 0 Å². The van der Waals surface area contributed by atoms with E-state index in [4.69, 9.17) is 9.68 Å². The summed E-state index contributed by atoms with van der Waals surface area (Å²) in [5, 5.41) is 19.7. The summed E-state index contributed by atoms with van der Waals surface area (Å²) in [5.41, 5.74) is 3.28. The van der Waals surface area contributed by atoms with Gasteiger partial charge >= 0.3 is 0 Å². The molecule has 0 atom stereocenters. The lowest BCUT2D eigenvalue weighted by Crippen LogP contribution is -2.11. The molecule has 1 amide bonds. The minimum atomic E-state index is -0.361. The number of anilines is 1. The molecule has 0 aliphatic rings. The molecule has 8 heteroatoms. The molecule has 0 bridgehead atoms. The molecule has 0 fully saturated rings. The fraction of sp³-hybridized carbons (Fsp3) is 0. The quantitative estimate of drug-likeness (QED) is 0.596. The Hall–Kier alpha value is -3.44. The van der Waals surface area contributed by atoms with Gasteiger partial charge in [-0.25, -0.2) is 0 Å². The number of fused-ring (bicyclic) bond motifs is 1. The number of H-pyrrole nitrogens is 1. The highest BCUT2D eigenvalue weighted by Crippen LogP contribution is 2.28. The number of furan rings is 1. The van der Waals surface area contributed by atoms with Crippen molar-refractivity contribution in [1.82, 2.24) is 14.6 Å². The van der Waals surface area contributed by atoms with Gasteiger partial charge in [-0.1, -0.05) is 0 Å². The molecule has 2 N–H and O–H groups in total. The van der Waals surface area contributed by atoms with Gasteiger partial charge < -0.3 is 9.73 Å². The SMILES string of the molecule is N#Cc1cc(C(=O)Nc2ccc3[nH]nc(-c4ccoc4)c3c2)ns1. The van der Waals surface area contributed by atoms with Crippen LogP contribution in [0.2, 0.25) is 0 Å². The van der Waals surface area contributed by atoms with Gasteiger partial charge in [0.2, 0.25) is 0 Å². The molecule has 1 aromatic carbocycles. The monoisotopic (exact) mass is 335 g/mol. The Labute approximate surface area is 139 Å². The molecule has 3 aromatic heterocycles. The Balaban J connectivity index is 1.66. The van der Waals surface area contributed by atoms with Crippen LogP contribution in [0.1, 0.15) is 15.4 Å². The molecular formula is C16H9N5O2S. The molecule has 0 unspecified atom stereocenters. The molecule has 0 spiro atoms. The molecule has 0 aliphatic heterocycles. The molecule has 0 saturated heterocycles. The van der Waals surface area contributed by atoms with E-state index in [2.05, 4.69) is 19.9 Å². The number of aromatic amines is 1. The standard InChI is InChI=1S/C16H9N5O2S/c17-7-11-6-14(21-24-11)16(22)18-10-1-2-13-12(5-10)15(20-19-13)9-3-4-23-8-9/h1-6,8H,(H,18,22)(H,19,20). The van der Waals surface area contributed by atoms with E-state index in [9.17, 15) is 4.79 Å². The van der Waals surface area contributed by atoms with E-state index in [1.165, 1.54) is 6.07 Å². The number of aromatic nitrogens is 3. The van der Waals surface area contributed by atoms with E-state index in [1.807, 2.05) is 24.3 Å². The molecule has 4 aromatic rings. The predicted octanol–water partition coefficient (Wildman–Crippen LogP) is 3.40.